The van der Waals surface area contributed by atoms with E-state index in [0.717, 1.165) is 118 Å². The fourth-order valence-corrected chi connectivity index (χ4v) is 11.8. The van der Waals surface area contributed by atoms with Crippen LogP contribution in [0.1, 0.15) is 132 Å². The van der Waals surface area contributed by atoms with Gasteiger partial charge in [-0.3, -0.25) is 4.79 Å². The summed E-state index contributed by atoms with van der Waals surface area (Å²) in [4.78, 5) is 14.7. The molecule has 11 rings (SSSR count). The summed E-state index contributed by atoms with van der Waals surface area (Å²) >= 11 is 0. The minimum absolute atomic E-state index is 0.182. The Morgan fingerprint density at radius 3 is 1.17 bits per heavy atom. The summed E-state index contributed by atoms with van der Waals surface area (Å²) in [6.07, 6.45) is 21.1. The van der Waals surface area contributed by atoms with Crippen LogP contribution >= 0.6 is 0 Å². The average Bonchev–Trinajstić information content (AvgIpc) is 2.12. The summed E-state index contributed by atoms with van der Waals surface area (Å²) in [6, 6.07) is 85.5. The van der Waals surface area contributed by atoms with Gasteiger partial charge in [-0.1, -0.05) is 288 Å². The summed E-state index contributed by atoms with van der Waals surface area (Å²) in [5.41, 5.74) is 19.8. The third-order valence-corrected chi connectivity index (χ3v) is 16.1. The number of aromatic nitrogens is 1. The standard InChI is InChI=1S/C80H72N2O2/c1-3-5-7-27-57-81-69(51-45-59-41-47-67(48-42-59)75(65-37-23-13-24-38-65)73(61-29-15-9-16-30-61)62-31-17-10-18-32-62)53-55-71(81)77-79(83)78(80(77)84)72-56-54-70(82(72)58-28-8-6-4-2)52-46-60-43-49-68(50-44-60)76(66-39-25-14-26-40-66)74(63-33-19-11-20-34-63)64-35-21-12-22-36-64/h9-26,29-56H,3-8,27-28,57-58H2,1-2H3/b51-45+,52-46+. The Balaban J connectivity index is 0.899. The Morgan fingerprint density at radius 2 is 0.774 bits per heavy atom. The molecule has 0 N–H and O–H groups in total. The van der Waals surface area contributed by atoms with Gasteiger partial charge in [-0.15, -0.1) is 0 Å². The second-order valence-corrected chi connectivity index (χ2v) is 21.7. The van der Waals surface area contributed by atoms with Crippen LogP contribution < -0.4 is 5.11 Å². The number of ketones is 1. The molecule has 0 saturated heterocycles. The topological polar surface area (TPSA) is 48.1 Å². The first-order chi connectivity index (χ1) is 41.5. The first-order valence-electron chi connectivity index (χ1n) is 30.1. The van der Waals surface area contributed by atoms with Crippen LogP contribution in [0.2, 0.25) is 0 Å². The number of rotatable bonds is 23. The predicted molar refractivity (Wildman–Crippen MR) is 350 cm³/mol. The number of unbranched alkanes of at least 4 members (excludes halogenated alkanes) is 6. The summed E-state index contributed by atoms with van der Waals surface area (Å²) in [7, 11) is 0. The van der Waals surface area contributed by atoms with Crippen molar-refractivity contribution < 1.29 is 14.5 Å². The van der Waals surface area contributed by atoms with Crippen molar-refractivity contribution in [3.63, 3.8) is 0 Å². The maximum Gasteiger partial charge on any atom is 0.216 e. The van der Waals surface area contributed by atoms with E-state index in [4.69, 9.17) is 0 Å². The second-order valence-electron chi connectivity index (χ2n) is 21.7. The van der Waals surface area contributed by atoms with Crippen molar-refractivity contribution in [2.24, 2.45) is 0 Å². The van der Waals surface area contributed by atoms with Crippen molar-refractivity contribution in [1.29, 1.82) is 0 Å². The highest BCUT2D eigenvalue weighted by Gasteiger charge is 2.38. The quantitative estimate of drug-likeness (QED) is 0.0277. The summed E-state index contributed by atoms with van der Waals surface area (Å²) < 4.78 is 4.38. The summed E-state index contributed by atoms with van der Waals surface area (Å²) in [6.45, 7) is 5.86. The molecule has 414 valence electrons. The molecular weight excluding hydrogens is 1020 g/mol. The molecule has 0 atom stereocenters. The van der Waals surface area contributed by atoms with Gasteiger partial charge in [-0.25, -0.2) is 0 Å². The molecule has 0 fully saturated rings. The van der Waals surface area contributed by atoms with Gasteiger partial charge in [0.15, 0.2) is 0 Å². The largest absolute Gasteiger partial charge is 0.871 e. The smallest absolute Gasteiger partial charge is 0.216 e. The third kappa shape index (κ3) is 12.7. The van der Waals surface area contributed by atoms with Crippen LogP contribution in [0, 0.1) is 0 Å². The molecule has 8 aromatic carbocycles. The first-order valence-corrected chi connectivity index (χ1v) is 30.1. The van der Waals surface area contributed by atoms with Gasteiger partial charge >= 0.3 is 0 Å². The van der Waals surface area contributed by atoms with Crippen LogP contribution in [0.25, 0.3) is 46.1 Å². The second kappa shape index (κ2) is 27.4. The van der Waals surface area contributed by atoms with Crippen molar-refractivity contribution in [3.05, 3.63) is 345 Å². The normalized spacial score (nSPS) is 14.0. The number of hydrogen-bond acceptors (Lipinski definition) is 2. The maximum atomic E-state index is 14.7. The Bertz CT molecular complexity index is 3880. The van der Waals surface area contributed by atoms with E-state index in [-0.39, 0.29) is 22.7 Å². The van der Waals surface area contributed by atoms with Gasteiger partial charge in [0, 0.05) is 42.5 Å². The molecular formula is C80H72N2O2. The molecule has 4 heteroatoms. The minimum atomic E-state index is -0.182. The zero-order valence-electron chi connectivity index (χ0n) is 48.3. The monoisotopic (exact) mass is 1090 g/mol. The maximum absolute atomic E-state index is 14.7. The summed E-state index contributed by atoms with van der Waals surface area (Å²) in [5, 5.41) is 14.7. The number of carbonyl (C=O) groups is 1. The predicted octanol–water partition coefficient (Wildman–Crippen LogP) is 18.5. The Hall–Kier alpha value is -9.64. The number of allylic oxidation sites excluding steroid dienone is 5. The Labute approximate surface area is 497 Å². The lowest BCUT2D eigenvalue weighted by Crippen LogP contribution is -2.33. The molecule has 84 heavy (non-hydrogen) atoms. The van der Waals surface area contributed by atoms with Gasteiger partial charge in [0.25, 0.3) is 0 Å². The highest BCUT2D eigenvalue weighted by molar-refractivity contribution is 6.39. The molecule has 0 unspecified atom stereocenters. The number of nitrogens with zero attached hydrogens (tertiary/aromatic N) is 2. The van der Waals surface area contributed by atoms with Gasteiger partial charge in [0.1, 0.15) is 6.54 Å². The van der Waals surface area contributed by atoms with E-state index in [1.54, 1.807) is 0 Å². The molecule has 1 aliphatic heterocycles. The molecule has 2 heterocycles. The lowest BCUT2D eigenvalue weighted by Gasteiger charge is -2.31. The molecule has 9 aromatic rings. The van der Waals surface area contributed by atoms with E-state index in [0.29, 0.717) is 24.5 Å². The van der Waals surface area contributed by atoms with Crippen LogP contribution in [0.15, 0.2) is 278 Å². The number of benzene rings is 8. The Kier molecular flexibility index (Phi) is 18.4. The third-order valence-electron chi connectivity index (χ3n) is 16.1. The molecule has 0 amide bonds. The van der Waals surface area contributed by atoms with E-state index in [2.05, 4.69) is 290 Å². The molecule has 4 nitrogen and oxygen atoms in total. The van der Waals surface area contributed by atoms with Crippen LogP contribution in [-0.4, -0.2) is 27.2 Å². The SMILES string of the molecule is CCCCCCn1c(/C=C/c2ccc(C(=C(c3ccccc3)c3ccccc3)c3ccccc3)cc2)ccc1C1=C([O-])C(=C2C=CC(/C=C/c3ccc(C(=C(c4ccccc4)c4ccccc4)c4ccccc4)cc3)=[N+]2CCCCCC)C1=O. The van der Waals surface area contributed by atoms with E-state index < -0.39 is 0 Å². The minimum Gasteiger partial charge on any atom is -0.871 e. The van der Waals surface area contributed by atoms with Gasteiger partial charge in [0.05, 0.1) is 11.3 Å². The zero-order chi connectivity index (χ0) is 57.5. The number of Topliss-reactive ketones (excluding diaryl/α,β-unsaturated/α-hetero) is 1. The number of carbonyl (C=O) groups excluding carboxylic acids is 1. The highest BCUT2D eigenvalue weighted by Crippen LogP contribution is 2.41. The lowest BCUT2D eigenvalue weighted by molar-refractivity contribution is -0.469. The Morgan fingerprint density at radius 1 is 0.393 bits per heavy atom. The van der Waals surface area contributed by atoms with E-state index >= 15 is 0 Å². The van der Waals surface area contributed by atoms with Crippen LogP contribution in [0.4, 0.5) is 0 Å². The van der Waals surface area contributed by atoms with Crippen molar-refractivity contribution >= 4 is 57.6 Å². The molecule has 0 spiro atoms. The molecule has 0 saturated carbocycles. The van der Waals surface area contributed by atoms with Crippen molar-refractivity contribution in [1.82, 2.24) is 4.57 Å². The van der Waals surface area contributed by atoms with Crippen molar-refractivity contribution in [3.8, 4) is 0 Å². The molecule has 1 aliphatic carbocycles. The van der Waals surface area contributed by atoms with Gasteiger partial charge in [-0.05, 0) is 115 Å². The lowest BCUT2D eigenvalue weighted by atomic mass is 9.84. The fourth-order valence-electron chi connectivity index (χ4n) is 11.8. The van der Waals surface area contributed by atoms with Crippen LogP contribution in [0.5, 0.6) is 0 Å². The van der Waals surface area contributed by atoms with Gasteiger partial charge < -0.3 is 9.67 Å². The molecule has 2 aliphatic rings. The number of hydrogen-bond donors (Lipinski definition) is 0. The average molecular weight is 1090 g/mol. The zero-order valence-corrected chi connectivity index (χ0v) is 48.3. The van der Waals surface area contributed by atoms with E-state index in [1.165, 1.54) is 22.3 Å². The van der Waals surface area contributed by atoms with Crippen LogP contribution in [0.3, 0.4) is 0 Å². The summed E-state index contributed by atoms with van der Waals surface area (Å²) in [5.74, 6) is -0.364. The highest BCUT2D eigenvalue weighted by atomic mass is 16.3. The van der Waals surface area contributed by atoms with Crippen molar-refractivity contribution in [2.45, 2.75) is 71.8 Å². The fraction of sp³-hybridized carbons (Fsp3) is 0.150. The van der Waals surface area contributed by atoms with Gasteiger partial charge in [0.2, 0.25) is 17.2 Å². The van der Waals surface area contributed by atoms with E-state index in [9.17, 15) is 9.90 Å². The van der Waals surface area contributed by atoms with Crippen LogP contribution in [-0.2, 0) is 11.3 Å². The first kappa shape index (κ1) is 56.2. The van der Waals surface area contributed by atoms with E-state index in [1.807, 2.05) is 12.1 Å². The molecule has 0 bridgehead atoms. The molecule has 0 radical (unpaired) electrons. The van der Waals surface area contributed by atoms with Gasteiger partial charge in [-0.2, -0.15) is 4.58 Å². The molecule has 1 aromatic heterocycles. The van der Waals surface area contributed by atoms with Crippen molar-refractivity contribution in [2.75, 3.05) is 6.54 Å².